The van der Waals surface area contributed by atoms with Gasteiger partial charge in [0.05, 0.1) is 19.6 Å². The molecule has 0 aromatic heterocycles. The molecule has 0 radical (unpaired) electrons. The summed E-state index contributed by atoms with van der Waals surface area (Å²) in [6.07, 6.45) is 0.409. The lowest BCUT2D eigenvalue weighted by Gasteiger charge is -2.11. The number of hydrogen-bond donors (Lipinski definition) is 1. The first kappa shape index (κ1) is 13.8. The zero-order valence-corrected chi connectivity index (χ0v) is 11.3. The van der Waals surface area contributed by atoms with Gasteiger partial charge in [-0.15, -0.1) is 0 Å². The molecule has 0 spiro atoms. The number of hydrogen-bond acceptors (Lipinski definition) is 4. The summed E-state index contributed by atoms with van der Waals surface area (Å²) in [6.45, 7) is 0.404. The molecule has 0 unspecified atom stereocenters. The van der Waals surface area contributed by atoms with Gasteiger partial charge in [-0.1, -0.05) is 12.1 Å². The molecule has 4 heteroatoms. The van der Waals surface area contributed by atoms with Crippen LogP contribution in [0.3, 0.4) is 0 Å². The SMILES string of the molecule is COc1cc(N)ccc1COc1ccc(CC#N)cc1. The highest BCUT2D eigenvalue weighted by Crippen LogP contribution is 2.23. The van der Waals surface area contributed by atoms with E-state index >= 15 is 0 Å². The molecular weight excluding hydrogens is 252 g/mol. The lowest BCUT2D eigenvalue weighted by Crippen LogP contribution is -2.00. The first-order valence-electron chi connectivity index (χ1n) is 6.24. The van der Waals surface area contributed by atoms with Crippen molar-refractivity contribution in [3.63, 3.8) is 0 Å². The third-order valence-electron chi connectivity index (χ3n) is 2.91. The molecular formula is C16H16N2O2. The van der Waals surface area contributed by atoms with Crippen LogP contribution in [0.5, 0.6) is 11.5 Å². The smallest absolute Gasteiger partial charge is 0.127 e. The van der Waals surface area contributed by atoms with Gasteiger partial charge in [-0.2, -0.15) is 5.26 Å². The minimum atomic E-state index is 0.404. The lowest BCUT2D eigenvalue weighted by atomic mass is 10.1. The number of nitrogen functional groups attached to an aromatic ring is 1. The third-order valence-corrected chi connectivity index (χ3v) is 2.91. The van der Waals surface area contributed by atoms with E-state index in [1.54, 1.807) is 13.2 Å². The highest BCUT2D eigenvalue weighted by molar-refractivity contribution is 5.48. The quantitative estimate of drug-likeness (QED) is 0.846. The highest BCUT2D eigenvalue weighted by atomic mass is 16.5. The van der Waals surface area contributed by atoms with E-state index in [1.807, 2.05) is 36.4 Å². The normalized spacial score (nSPS) is 9.80. The Kier molecular flexibility index (Phi) is 4.46. The van der Waals surface area contributed by atoms with E-state index < -0.39 is 0 Å². The van der Waals surface area contributed by atoms with Crippen LogP contribution in [0.2, 0.25) is 0 Å². The summed E-state index contributed by atoms with van der Waals surface area (Å²) in [7, 11) is 1.61. The molecule has 0 atom stereocenters. The maximum Gasteiger partial charge on any atom is 0.127 e. The van der Waals surface area contributed by atoms with Crippen LogP contribution >= 0.6 is 0 Å². The summed E-state index contributed by atoms with van der Waals surface area (Å²) in [4.78, 5) is 0. The van der Waals surface area contributed by atoms with Crippen LogP contribution in [0.1, 0.15) is 11.1 Å². The van der Waals surface area contributed by atoms with Crippen molar-refractivity contribution in [2.24, 2.45) is 0 Å². The fourth-order valence-corrected chi connectivity index (χ4v) is 1.84. The van der Waals surface area contributed by atoms with Gasteiger partial charge in [0.15, 0.2) is 0 Å². The van der Waals surface area contributed by atoms with Crippen molar-refractivity contribution < 1.29 is 9.47 Å². The molecule has 0 saturated heterocycles. The van der Waals surface area contributed by atoms with Crippen LogP contribution in [0.15, 0.2) is 42.5 Å². The van der Waals surface area contributed by atoms with Gasteiger partial charge < -0.3 is 15.2 Å². The number of nitrogens with two attached hydrogens (primary N) is 1. The van der Waals surface area contributed by atoms with Gasteiger partial charge >= 0.3 is 0 Å². The molecule has 0 bridgehead atoms. The molecule has 2 N–H and O–H groups in total. The molecule has 0 aliphatic rings. The van der Waals surface area contributed by atoms with Gasteiger partial charge in [0.1, 0.15) is 18.1 Å². The average molecular weight is 268 g/mol. The van der Waals surface area contributed by atoms with Gasteiger partial charge in [-0.05, 0) is 29.8 Å². The van der Waals surface area contributed by atoms with E-state index in [2.05, 4.69) is 6.07 Å². The van der Waals surface area contributed by atoms with Gasteiger partial charge in [0.25, 0.3) is 0 Å². The van der Waals surface area contributed by atoms with Crippen molar-refractivity contribution >= 4 is 5.69 Å². The Labute approximate surface area is 118 Å². The monoisotopic (exact) mass is 268 g/mol. The lowest BCUT2D eigenvalue weighted by molar-refractivity contribution is 0.296. The van der Waals surface area contributed by atoms with Crippen molar-refractivity contribution in [1.29, 1.82) is 5.26 Å². The summed E-state index contributed by atoms with van der Waals surface area (Å²) >= 11 is 0. The number of rotatable bonds is 5. The average Bonchev–Trinajstić information content (AvgIpc) is 2.47. The summed E-state index contributed by atoms with van der Waals surface area (Å²) < 4.78 is 11.0. The number of methoxy groups -OCH3 is 1. The molecule has 2 rings (SSSR count). The molecule has 102 valence electrons. The molecule has 0 amide bonds. The van der Waals surface area contributed by atoms with Crippen molar-refractivity contribution in [1.82, 2.24) is 0 Å². The summed E-state index contributed by atoms with van der Waals surface area (Å²) in [6, 6.07) is 15.1. The Morgan fingerprint density at radius 3 is 2.55 bits per heavy atom. The summed E-state index contributed by atoms with van der Waals surface area (Å²) in [5.41, 5.74) is 8.28. The second kappa shape index (κ2) is 6.48. The minimum Gasteiger partial charge on any atom is -0.496 e. The van der Waals surface area contributed by atoms with Gasteiger partial charge in [-0.25, -0.2) is 0 Å². The number of nitriles is 1. The number of nitrogens with zero attached hydrogens (tertiary/aromatic N) is 1. The standard InChI is InChI=1S/C16H16N2O2/c1-19-16-10-14(18)5-4-13(16)11-20-15-6-2-12(3-7-15)8-9-17/h2-7,10H,8,11,18H2,1H3. The maximum atomic E-state index is 8.62. The van der Waals surface area contributed by atoms with E-state index in [0.29, 0.717) is 24.5 Å². The topological polar surface area (TPSA) is 68.3 Å². The fourth-order valence-electron chi connectivity index (χ4n) is 1.84. The second-order valence-electron chi connectivity index (χ2n) is 4.34. The molecule has 0 aliphatic carbocycles. The first-order valence-corrected chi connectivity index (χ1v) is 6.24. The number of ether oxygens (including phenoxy) is 2. The molecule has 0 aliphatic heterocycles. The van der Waals surface area contributed by atoms with Crippen LogP contribution in [-0.2, 0) is 13.0 Å². The Bertz CT molecular complexity index is 615. The highest BCUT2D eigenvalue weighted by Gasteiger charge is 2.04. The van der Waals surface area contributed by atoms with Gasteiger partial charge in [0.2, 0.25) is 0 Å². The van der Waals surface area contributed by atoms with E-state index in [1.165, 1.54) is 0 Å². The predicted molar refractivity (Wildman–Crippen MR) is 77.5 cm³/mol. The first-order chi connectivity index (χ1) is 9.72. The van der Waals surface area contributed by atoms with Crippen molar-refractivity contribution in [2.45, 2.75) is 13.0 Å². The van der Waals surface area contributed by atoms with Crippen molar-refractivity contribution in [2.75, 3.05) is 12.8 Å². The zero-order valence-electron chi connectivity index (χ0n) is 11.3. The van der Waals surface area contributed by atoms with Gasteiger partial charge in [-0.3, -0.25) is 0 Å². The Balaban J connectivity index is 2.03. The van der Waals surface area contributed by atoms with Crippen LogP contribution in [0.25, 0.3) is 0 Å². The predicted octanol–water partition coefficient (Wildman–Crippen LogP) is 2.92. The molecule has 0 fully saturated rings. The fraction of sp³-hybridized carbons (Fsp3) is 0.188. The maximum absolute atomic E-state index is 8.62. The Morgan fingerprint density at radius 1 is 1.15 bits per heavy atom. The van der Waals surface area contributed by atoms with Gasteiger partial charge in [0, 0.05) is 17.3 Å². The summed E-state index contributed by atoms with van der Waals surface area (Å²) in [5.74, 6) is 1.47. The zero-order chi connectivity index (χ0) is 14.4. The van der Waals surface area contributed by atoms with Crippen molar-refractivity contribution in [3.8, 4) is 17.6 Å². The summed E-state index contributed by atoms with van der Waals surface area (Å²) in [5, 5.41) is 8.62. The van der Waals surface area contributed by atoms with Crippen LogP contribution in [-0.4, -0.2) is 7.11 Å². The van der Waals surface area contributed by atoms with Crippen LogP contribution in [0, 0.1) is 11.3 Å². The second-order valence-corrected chi connectivity index (χ2v) is 4.34. The Hall–Kier alpha value is -2.67. The van der Waals surface area contributed by atoms with Crippen LogP contribution in [0.4, 0.5) is 5.69 Å². The van der Waals surface area contributed by atoms with E-state index in [-0.39, 0.29) is 0 Å². The minimum absolute atomic E-state index is 0.404. The van der Waals surface area contributed by atoms with E-state index in [4.69, 9.17) is 20.5 Å². The molecule has 20 heavy (non-hydrogen) atoms. The van der Waals surface area contributed by atoms with Crippen molar-refractivity contribution in [3.05, 3.63) is 53.6 Å². The third kappa shape index (κ3) is 3.42. The number of anilines is 1. The molecule has 0 heterocycles. The Morgan fingerprint density at radius 2 is 1.90 bits per heavy atom. The largest absolute Gasteiger partial charge is 0.496 e. The molecule has 0 saturated carbocycles. The molecule has 2 aromatic rings. The molecule has 4 nitrogen and oxygen atoms in total. The number of benzene rings is 2. The molecule has 2 aromatic carbocycles. The van der Waals surface area contributed by atoms with E-state index in [9.17, 15) is 0 Å². The van der Waals surface area contributed by atoms with Crippen LogP contribution < -0.4 is 15.2 Å². The van der Waals surface area contributed by atoms with E-state index in [0.717, 1.165) is 16.9 Å².